The second kappa shape index (κ2) is 4.37. The molecule has 0 aromatic carbocycles. The SMILES string of the molecule is C=C(C)C(=O)O.[HH].[Na]. The van der Waals surface area contributed by atoms with E-state index in [9.17, 15) is 4.79 Å². The Bertz CT molecular complexity index is 80.0. The van der Waals surface area contributed by atoms with Gasteiger partial charge in [-0.05, 0) is 6.92 Å². The quantitative estimate of drug-likeness (QED) is 0.395. The summed E-state index contributed by atoms with van der Waals surface area (Å²) in [5, 5.41) is 7.89. The molecule has 0 atom stereocenters. The molecule has 0 saturated carbocycles. The van der Waals surface area contributed by atoms with Crippen LogP contribution in [0.5, 0.6) is 0 Å². The van der Waals surface area contributed by atoms with Crippen LogP contribution in [0.25, 0.3) is 0 Å². The summed E-state index contributed by atoms with van der Waals surface area (Å²) in [6, 6.07) is 0. The van der Waals surface area contributed by atoms with Gasteiger partial charge in [-0.3, -0.25) is 0 Å². The first-order valence-corrected chi connectivity index (χ1v) is 1.53. The predicted molar refractivity (Wildman–Crippen MR) is 30.3 cm³/mol. The van der Waals surface area contributed by atoms with E-state index in [-0.39, 0.29) is 36.6 Å². The summed E-state index contributed by atoms with van der Waals surface area (Å²) in [5.74, 6) is -0.935. The smallest absolute Gasteiger partial charge is 0.330 e. The minimum Gasteiger partial charge on any atom is -0.478 e. The van der Waals surface area contributed by atoms with Gasteiger partial charge in [0, 0.05) is 36.6 Å². The van der Waals surface area contributed by atoms with Crippen LogP contribution in [-0.4, -0.2) is 40.6 Å². The Hall–Kier alpha value is 0.210. The molecule has 2 nitrogen and oxygen atoms in total. The summed E-state index contributed by atoms with van der Waals surface area (Å²) in [5.41, 5.74) is 0.176. The van der Waals surface area contributed by atoms with E-state index in [1.54, 1.807) is 0 Å². The Morgan fingerprint density at radius 3 is 2.00 bits per heavy atom. The van der Waals surface area contributed by atoms with Gasteiger partial charge in [0.15, 0.2) is 0 Å². The Morgan fingerprint density at radius 2 is 2.00 bits per heavy atom. The molecule has 0 aliphatic rings. The maximum Gasteiger partial charge on any atom is 0.330 e. The number of hydrogen-bond acceptors (Lipinski definition) is 1. The number of rotatable bonds is 1. The van der Waals surface area contributed by atoms with Gasteiger partial charge in [0.2, 0.25) is 0 Å². The normalized spacial score (nSPS) is 6.43. The Balaban J connectivity index is -0.000000125. The van der Waals surface area contributed by atoms with Crippen LogP contribution < -0.4 is 0 Å². The van der Waals surface area contributed by atoms with Crippen LogP contribution >= 0.6 is 0 Å². The summed E-state index contributed by atoms with van der Waals surface area (Å²) in [4.78, 5) is 9.60. The van der Waals surface area contributed by atoms with Gasteiger partial charge >= 0.3 is 5.97 Å². The standard InChI is InChI=1S/C4H6O2.Na.H2/c1-3(2)4(5)6;;/h1H2,2H3,(H,5,6);;1H. The van der Waals surface area contributed by atoms with Crippen LogP contribution in [0.1, 0.15) is 8.35 Å². The maximum atomic E-state index is 9.60. The Labute approximate surface area is 66.0 Å². The molecule has 37 valence electrons. The largest absolute Gasteiger partial charge is 0.478 e. The molecule has 0 rings (SSSR count). The molecule has 0 fully saturated rings. The Morgan fingerprint density at radius 1 is 1.86 bits per heavy atom. The van der Waals surface area contributed by atoms with Crippen molar-refractivity contribution >= 4 is 35.5 Å². The zero-order valence-electron chi connectivity index (χ0n) is 4.56. The van der Waals surface area contributed by atoms with Crippen molar-refractivity contribution in [2.75, 3.05) is 0 Å². The topological polar surface area (TPSA) is 37.3 Å². The molecule has 0 saturated heterocycles. The second-order valence-corrected chi connectivity index (χ2v) is 1.09. The molecule has 0 bridgehead atoms. The van der Waals surface area contributed by atoms with E-state index in [0.29, 0.717) is 0 Å². The van der Waals surface area contributed by atoms with Crippen LogP contribution in [0.4, 0.5) is 0 Å². The third kappa shape index (κ3) is 6.21. The average Bonchev–Trinajstić information content (AvgIpc) is 1.36. The van der Waals surface area contributed by atoms with Crippen molar-refractivity contribution in [3.05, 3.63) is 12.2 Å². The van der Waals surface area contributed by atoms with E-state index >= 15 is 0 Å². The molecule has 0 heterocycles. The summed E-state index contributed by atoms with van der Waals surface area (Å²) >= 11 is 0. The number of hydrogen-bond donors (Lipinski definition) is 1. The van der Waals surface area contributed by atoms with Gasteiger partial charge in [-0.2, -0.15) is 0 Å². The van der Waals surface area contributed by atoms with Crippen molar-refractivity contribution in [2.24, 2.45) is 0 Å². The maximum absolute atomic E-state index is 9.60. The first kappa shape index (κ1) is 10.2. The first-order chi connectivity index (χ1) is 2.64. The minimum absolute atomic E-state index is 0. The van der Waals surface area contributed by atoms with Gasteiger partial charge in [-0.1, -0.05) is 6.58 Å². The van der Waals surface area contributed by atoms with Crippen LogP contribution in [-0.2, 0) is 4.79 Å². The zero-order chi connectivity index (χ0) is 5.15. The zero-order valence-corrected chi connectivity index (χ0v) is 6.56. The van der Waals surface area contributed by atoms with Crippen molar-refractivity contribution in [2.45, 2.75) is 6.92 Å². The molecule has 0 spiro atoms. The van der Waals surface area contributed by atoms with Gasteiger partial charge < -0.3 is 5.11 Å². The van der Waals surface area contributed by atoms with Crippen molar-refractivity contribution in [1.82, 2.24) is 0 Å². The summed E-state index contributed by atoms with van der Waals surface area (Å²) < 4.78 is 0. The molecule has 1 radical (unpaired) electrons. The summed E-state index contributed by atoms with van der Waals surface area (Å²) in [6.45, 7) is 4.60. The molecule has 0 aliphatic heterocycles. The number of aliphatic carboxylic acids is 1. The van der Waals surface area contributed by atoms with Crippen molar-refractivity contribution in [3.63, 3.8) is 0 Å². The molecular formula is C4H8NaO2. The van der Waals surface area contributed by atoms with Crippen LogP contribution in [0, 0.1) is 0 Å². The second-order valence-electron chi connectivity index (χ2n) is 1.09. The predicted octanol–water partition coefficient (Wildman–Crippen LogP) is 0.512. The van der Waals surface area contributed by atoms with E-state index in [1.807, 2.05) is 0 Å². The van der Waals surface area contributed by atoms with E-state index in [1.165, 1.54) is 6.92 Å². The molecule has 1 N–H and O–H groups in total. The molecule has 3 heteroatoms. The fourth-order valence-corrected chi connectivity index (χ4v) is 0. The molecule has 0 aromatic heterocycles. The van der Waals surface area contributed by atoms with Crippen LogP contribution in [0.2, 0.25) is 0 Å². The first-order valence-electron chi connectivity index (χ1n) is 1.53. The van der Waals surface area contributed by atoms with E-state index in [2.05, 4.69) is 6.58 Å². The monoisotopic (exact) mass is 111 g/mol. The number of carboxylic acids is 1. The molecule has 7 heavy (non-hydrogen) atoms. The third-order valence-corrected chi connectivity index (χ3v) is 0.365. The molecule has 0 unspecified atom stereocenters. The van der Waals surface area contributed by atoms with E-state index < -0.39 is 5.97 Å². The van der Waals surface area contributed by atoms with Gasteiger partial charge in [0.05, 0.1) is 0 Å². The van der Waals surface area contributed by atoms with Crippen LogP contribution in [0.15, 0.2) is 12.2 Å². The Kier molecular flexibility index (Phi) is 6.40. The summed E-state index contributed by atoms with van der Waals surface area (Å²) in [7, 11) is 0. The average molecular weight is 111 g/mol. The summed E-state index contributed by atoms with van der Waals surface area (Å²) in [6.07, 6.45) is 0. The number of carboxylic acid groups (broad SMARTS) is 1. The van der Waals surface area contributed by atoms with Gasteiger partial charge in [-0.25, -0.2) is 4.79 Å². The van der Waals surface area contributed by atoms with Gasteiger partial charge in [0.25, 0.3) is 0 Å². The minimum atomic E-state index is -0.935. The van der Waals surface area contributed by atoms with Gasteiger partial charge in [-0.15, -0.1) is 0 Å². The van der Waals surface area contributed by atoms with Crippen LogP contribution in [0.3, 0.4) is 0 Å². The molecule has 0 aliphatic carbocycles. The fourth-order valence-electron chi connectivity index (χ4n) is 0. The molecule has 0 aromatic rings. The molecular weight excluding hydrogens is 103 g/mol. The van der Waals surface area contributed by atoms with E-state index in [4.69, 9.17) is 5.11 Å². The molecule has 0 amide bonds. The fraction of sp³-hybridized carbons (Fsp3) is 0.250. The van der Waals surface area contributed by atoms with Crippen molar-refractivity contribution in [1.29, 1.82) is 0 Å². The third-order valence-electron chi connectivity index (χ3n) is 0.365. The van der Waals surface area contributed by atoms with Crippen molar-refractivity contribution < 1.29 is 11.3 Å². The van der Waals surface area contributed by atoms with Gasteiger partial charge in [0.1, 0.15) is 0 Å². The van der Waals surface area contributed by atoms with Crippen molar-refractivity contribution in [3.8, 4) is 0 Å². The van der Waals surface area contributed by atoms with E-state index in [0.717, 1.165) is 0 Å². The number of carbonyl (C=O) groups is 1.